The molecule has 5 heteroatoms. The molecule has 2 heterocycles. The van der Waals surface area contributed by atoms with Crippen LogP contribution in [0.15, 0.2) is 36.1 Å². The number of hydrogen-bond acceptors (Lipinski definition) is 4. The van der Waals surface area contributed by atoms with E-state index in [1.54, 1.807) is 29.9 Å². The minimum atomic E-state index is 0.00663. The molecule has 98 valence electrons. The summed E-state index contributed by atoms with van der Waals surface area (Å²) in [6.45, 7) is 0.764. The van der Waals surface area contributed by atoms with Crippen LogP contribution in [0, 0.1) is 0 Å². The summed E-state index contributed by atoms with van der Waals surface area (Å²) in [5, 5.41) is 2.07. The fourth-order valence-corrected chi connectivity index (χ4v) is 2.78. The average molecular weight is 273 g/mol. The van der Waals surface area contributed by atoms with Crippen LogP contribution in [0.1, 0.15) is 28.2 Å². The molecule has 0 saturated heterocycles. The first-order valence-electron chi connectivity index (χ1n) is 6.44. The van der Waals surface area contributed by atoms with Crippen LogP contribution in [0.4, 0.5) is 0 Å². The molecule has 2 aromatic heterocycles. The molecule has 0 radical (unpaired) electrons. The Morgan fingerprint density at radius 2 is 2.32 bits per heavy atom. The minimum absolute atomic E-state index is 0.00663. The number of carbonyl (C=O) groups excluding carboxylic acids is 1. The highest BCUT2D eigenvalue weighted by molar-refractivity contribution is 7.09. The predicted octanol–water partition coefficient (Wildman–Crippen LogP) is 2.39. The van der Waals surface area contributed by atoms with E-state index < -0.39 is 0 Å². The lowest BCUT2D eigenvalue weighted by molar-refractivity contribution is 0.0739. The highest BCUT2D eigenvalue weighted by Crippen LogP contribution is 2.28. The quantitative estimate of drug-likeness (QED) is 0.840. The molecule has 2 aromatic rings. The second-order valence-corrected chi connectivity index (χ2v) is 5.68. The maximum absolute atomic E-state index is 12.4. The highest BCUT2D eigenvalue weighted by Gasteiger charge is 2.33. The molecular weight excluding hydrogens is 258 g/mol. The van der Waals surface area contributed by atoms with Gasteiger partial charge in [0.15, 0.2) is 0 Å². The van der Waals surface area contributed by atoms with Crippen molar-refractivity contribution in [2.75, 3.05) is 6.54 Å². The Morgan fingerprint density at radius 1 is 1.42 bits per heavy atom. The van der Waals surface area contributed by atoms with E-state index in [0.717, 1.165) is 25.8 Å². The summed E-state index contributed by atoms with van der Waals surface area (Å²) in [5.41, 5.74) is 0.445. The van der Waals surface area contributed by atoms with Gasteiger partial charge in [-0.2, -0.15) is 0 Å². The van der Waals surface area contributed by atoms with Crippen LogP contribution in [0.2, 0.25) is 0 Å². The van der Waals surface area contributed by atoms with Crippen molar-refractivity contribution in [2.24, 2.45) is 0 Å². The molecular formula is C14H15N3OS. The molecule has 0 aliphatic heterocycles. The van der Waals surface area contributed by atoms with Crippen LogP contribution < -0.4 is 0 Å². The second kappa shape index (κ2) is 5.48. The lowest BCUT2D eigenvalue weighted by Gasteiger charge is -2.21. The van der Waals surface area contributed by atoms with Gasteiger partial charge in [0.2, 0.25) is 0 Å². The number of aromatic nitrogens is 2. The molecule has 4 nitrogen and oxygen atoms in total. The molecule has 1 amide bonds. The number of carbonyl (C=O) groups is 1. The summed E-state index contributed by atoms with van der Waals surface area (Å²) >= 11 is 1.74. The van der Waals surface area contributed by atoms with Crippen LogP contribution in [-0.2, 0) is 6.42 Å². The normalized spacial score (nSPS) is 14.3. The monoisotopic (exact) mass is 273 g/mol. The third-order valence-electron chi connectivity index (χ3n) is 3.21. The Bertz CT molecular complexity index is 537. The van der Waals surface area contributed by atoms with Gasteiger partial charge in [-0.25, -0.2) is 4.98 Å². The fraction of sp³-hybridized carbons (Fsp3) is 0.357. The third kappa shape index (κ3) is 2.98. The van der Waals surface area contributed by atoms with E-state index >= 15 is 0 Å². The van der Waals surface area contributed by atoms with E-state index in [0.29, 0.717) is 11.7 Å². The lowest BCUT2D eigenvalue weighted by Crippen LogP contribution is -2.35. The number of amides is 1. The number of rotatable bonds is 5. The van der Waals surface area contributed by atoms with Gasteiger partial charge >= 0.3 is 0 Å². The van der Waals surface area contributed by atoms with Crippen molar-refractivity contribution in [3.63, 3.8) is 0 Å². The summed E-state index contributed by atoms with van der Waals surface area (Å²) in [4.78, 5) is 23.8. The van der Waals surface area contributed by atoms with Gasteiger partial charge in [0.05, 0.1) is 6.20 Å². The van der Waals surface area contributed by atoms with Crippen molar-refractivity contribution in [3.05, 3.63) is 46.7 Å². The summed E-state index contributed by atoms with van der Waals surface area (Å²) < 4.78 is 0. The third-order valence-corrected chi connectivity index (χ3v) is 4.15. The maximum Gasteiger partial charge on any atom is 0.274 e. The molecule has 19 heavy (non-hydrogen) atoms. The first-order valence-corrected chi connectivity index (χ1v) is 7.32. The fourth-order valence-electron chi connectivity index (χ4n) is 2.08. The van der Waals surface area contributed by atoms with E-state index in [1.165, 1.54) is 4.88 Å². The van der Waals surface area contributed by atoms with Crippen LogP contribution in [0.5, 0.6) is 0 Å². The van der Waals surface area contributed by atoms with Gasteiger partial charge in [-0.05, 0) is 30.7 Å². The van der Waals surface area contributed by atoms with Crippen LogP contribution in [-0.4, -0.2) is 33.4 Å². The molecule has 1 saturated carbocycles. The highest BCUT2D eigenvalue weighted by atomic mass is 32.1. The zero-order chi connectivity index (χ0) is 13.1. The smallest absolute Gasteiger partial charge is 0.274 e. The molecule has 1 fully saturated rings. The van der Waals surface area contributed by atoms with Crippen LogP contribution in [0.3, 0.4) is 0 Å². The number of hydrogen-bond donors (Lipinski definition) is 0. The van der Waals surface area contributed by atoms with Crippen molar-refractivity contribution in [2.45, 2.75) is 25.3 Å². The first kappa shape index (κ1) is 12.3. The maximum atomic E-state index is 12.4. The molecule has 0 unspecified atom stereocenters. The van der Waals surface area contributed by atoms with Gasteiger partial charge in [0.25, 0.3) is 5.91 Å². The molecule has 0 N–H and O–H groups in total. The van der Waals surface area contributed by atoms with Gasteiger partial charge in [-0.15, -0.1) is 11.3 Å². The van der Waals surface area contributed by atoms with E-state index in [-0.39, 0.29) is 5.91 Å². The summed E-state index contributed by atoms with van der Waals surface area (Å²) in [5.74, 6) is 0.00663. The zero-order valence-electron chi connectivity index (χ0n) is 10.5. The van der Waals surface area contributed by atoms with E-state index in [9.17, 15) is 4.79 Å². The Labute approximate surface area is 116 Å². The lowest BCUT2D eigenvalue weighted by atomic mass is 10.3. The van der Waals surface area contributed by atoms with Crippen molar-refractivity contribution >= 4 is 17.2 Å². The average Bonchev–Trinajstić information content (AvgIpc) is 3.15. The van der Waals surface area contributed by atoms with Crippen molar-refractivity contribution in [1.29, 1.82) is 0 Å². The molecule has 0 bridgehead atoms. The second-order valence-electron chi connectivity index (χ2n) is 4.65. The Balaban J connectivity index is 1.69. The number of thiophene rings is 1. The largest absolute Gasteiger partial charge is 0.334 e. The Morgan fingerprint density at radius 3 is 2.95 bits per heavy atom. The van der Waals surface area contributed by atoms with E-state index in [2.05, 4.69) is 21.4 Å². The molecule has 3 rings (SSSR count). The van der Waals surface area contributed by atoms with Crippen LogP contribution >= 0.6 is 11.3 Å². The predicted molar refractivity (Wildman–Crippen MR) is 74.1 cm³/mol. The summed E-state index contributed by atoms with van der Waals surface area (Å²) in [6, 6.07) is 4.56. The Hall–Kier alpha value is -1.75. The zero-order valence-corrected chi connectivity index (χ0v) is 11.3. The molecule has 0 aromatic carbocycles. The van der Waals surface area contributed by atoms with Crippen molar-refractivity contribution < 1.29 is 4.79 Å². The van der Waals surface area contributed by atoms with E-state index in [4.69, 9.17) is 0 Å². The minimum Gasteiger partial charge on any atom is -0.334 e. The van der Waals surface area contributed by atoms with Gasteiger partial charge in [0, 0.05) is 29.9 Å². The van der Waals surface area contributed by atoms with E-state index in [1.807, 2.05) is 11.0 Å². The SMILES string of the molecule is O=C(c1cnccn1)N(CCc1cccs1)C1CC1. The topological polar surface area (TPSA) is 46.1 Å². The van der Waals surface area contributed by atoms with Crippen molar-refractivity contribution in [3.8, 4) is 0 Å². The molecule has 0 spiro atoms. The standard InChI is InChI=1S/C14H15N3OS/c18-14(13-10-15-6-7-16-13)17(11-3-4-11)8-5-12-2-1-9-19-12/h1-2,6-7,9-11H,3-5,8H2. The molecule has 0 atom stereocenters. The number of nitrogens with zero attached hydrogens (tertiary/aromatic N) is 3. The van der Waals surface area contributed by atoms with Gasteiger partial charge in [0.1, 0.15) is 5.69 Å². The van der Waals surface area contributed by atoms with Crippen molar-refractivity contribution in [1.82, 2.24) is 14.9 Å². The summed E-state index contributed by atoms with van der Waals surface area (Å²) in [6.07, 6.45) is 7.83. The van der Waals surface area contributed by atoms with Gasteiger partial charge < -0.3 is 4.90 Å². The van der Waals surface area contributed by atoms with Gasteiger partial charge in [-0.3, -0.25) is 9.78 Å². The first-order chi connectivity index (χ1) is 9.34. The van der Waals surface area contributed by atoms with Gasteiger partial charge in [-0.1, -0.05) is 6.07 Å². The molecule has 1 aliphatic rings. The van der Waals surface area contributed by atoms with Crippen LogP contribution in [0.25, 0.3) is 0 Å². The molecule has 1 aliphatic carbocycles. The Kier molecular flexibility index (Phi) is 3.55. The summed E-state index contributed by atoms with van der Waals surface area (Å²) in [7, 11) is 0.